The SMILES string of the molecule is C[C@@H]1CN([C@@H](C)CO)C(=O)c2cccc(NS(=O)(=O)c3ccccc3)c2O[C@H]1CN(C)C(=O)NC1CCCCC1. The molecule has 2 aliphatic rings. The highest BCUT2D eigenvalue weighted by atomic mass is 32.2. The number of aliphatic hydroxyl groups excluding tert-OH is 1. The summed E-state index contributed by atoms with van der Waals surface area (Å²) in [7, 11) is -2.27. The van der Waals surface area contributed by atoms with Crippen LogP contribution < -0.4 is 14.8 Å². The van der Waals surface area contributed by atoms with Crippen LogP contribution in [0.25, 0.3) is 0 Å². The van der Waals surface area contributed by atoms with Crippen molar-refractivity contribution in [3.8, 4) is 5.75 Å². The third kappa shape index (κ3) is 6.87. The molecule has 0 aromatic heterocycles. The average molecular weight is 573 g/mol. The number of aliphatic hydroxyl groups is 1. The minimum absolute atomic E-state index is 0.0735. The van der Waals surface area contributed by atoms with Gasteiger partial charge in [0.15, 0.2) is 5.75 Å². The molecule has 3 atom stereocenters. The fourth-order valence-electron chi connectivity index (χ4n) is 5.23. The van der Waals surface area contributed by atoms with Gasteiger partial charge in [-0.1, -0.05) is 50.5 Å². The zero-order valence-corrected chi connectivity index (χ0v) is 24.2. The molecular weight excluding hydrogens is 532 g/mol. The summed E-state index contributed by atoms with van der Waals surface area (Å²) >= 11 is 0. The van der Waals surface area contributed by atoms with E-state index in [4.69, 9.17) is 4.74 Å². The molecule has 1 heterocycles. The second kappa shape index (κ2) is 12.9. The quantitative estimate of drug-likeness (QED) is 0.443. The van der Waals surface area contributed by atoms with Crippen LogP contribution in [0.4, 0.5) is 10.5 Å². The Morgan fingerprint density at radius 1 is 1.12 bits per heavy atom. The molecule has 3 amide bonds. The van der Waals surface area contributed by atoms with Crippen LogP contribution >= 0.6 is 0 Å². The molecule has 0 saturated heterocycles. The van der Waals surface area contributed by atoms with Crippen LogP contribution in [-0.4, -0.2) is 80.2 Å². The summed E-state index contributed by atoms with van der Waals surface area (Å²) in [5.74, 6) is -0.513. The van der Waals surface area contributed by atoms with E-state index in [0.717, 1.165) is 25.7 Å². The lowest BCUT2D eigenvalue weighted by Gasteiger charge is -2.38. The zero-order valence-electron chi connectivity index (χ0n) is 23.4. The van der Waals surface area contributed by atoms with Crippen LogP contribution in [0.3, 0.4) is 0 Å². The third-order valence-electron chi connectivity index (χ3n) is 7.72. The maximum Gasteiger partial charge on any atom is 0.317 e. The van der Waals surface area contributed by atoms with Crippen LogP contribution in [0.1, 0.15) is 56.3 Å². The number of sulfonamides is 1. The van der Waals surface area contributed by atoms with Gasteiger partial charge in [0.25, 0.3) is 15.9 Å². The lowest BCUT2D eigenvalue weighted by Crippen LogP contribution is -2.52. The van der Waals surface area contributed by atoms with Crippen LogP contribution in [0, 0.1) is 5.92 Å². The minimum atomic E-state index is -3.97. The molecule has 1 saturated carbocycles. The summed E-state index contributed by atoms with van der Waals surface area (Å²) in [6.07, 6.45) is 4.75. The van der Waals surface area contributed by atoms with Gasteiger partial charge in [0.1, 0.15) is 6.10 Å². The molecule has 218 valence electrons. The minimum Gasteiger partial charge on any atom is -0.485 e. The number of para-hydroxylation sites is 1. The molecule has 1 fully saturated rings. The fraction of sp³-hybridized carbons (Fsp3) is 0.517. The normalized spacial score (nSPS) is 20.9. The lowest BCUT2D eigenvalue weighted by molar-refractivity contribution is 0.0368. The van der Waals surface area contributed by atoms with Gasteiger partial charge in [-0.25, -0.2) is 13.2 Å². The third-order valence-corrected chi connectivity index (χ3v) is 9.10. The number of nitrogens with one attached hydrogen (secondary N) is 2. The largest absolute Gasteiger partial charge is 0.485 e. The number of amides is 3. The number of hydrogen-bond donors (Lipinski definition) is 3. The Kier molecular flexibility index (Phi) is 9.57. The molecule has 1 aliphatic carbocycles. The monoisotopic (exact) mass is 572 g/mol. The molecule has 2 aromatic rings. The number of likely N-dealkylation sites (N-methyl/N-ethyl adjacent to an activating group) is 1. The van der Waals surface area contributed by atoms with Crippen molar-refractivity contribution in [3.05, 3.63) is 54.1 Å². The Morgan fingerprint density at radius 3 is 2.50 bits per heavy atom. The topological polar surface area (TPSA) is 128 Å². The van der Waals surface area contributed by atoms with Gasteiger partial charge in [0.2, 0.25) is 0 Å². The molecule has 0 radical (unpaired) electrons. The smallest absolute Gasteiger partial charge is 0.317 e. The van der Waals surface area contributed by atoms with Crippen molar-refractivity contribution in [3.63, 3.8) is 0 Å². The first-order chi connectivity index (χ1) is 19.1. The molecule has 3 N–H and O–H groups in total. The number of urea groups is 1. The Morgan fingerprint density at radius 2 is 1.82 bits per heavy atom. The number of carbonyl (C=O) groups is 2. The van der Waals surface area contributed by atoms with Gasteiger partial charge in [-0.05, 0) is 44.0 Å². The van der Waals surface area contributed by atoms with Crippen molar-refractivity contribution in [1.29, 1.82) is 0 Å². The van der Waals surface area contributed by atoms with E-state index in [2.05, 4.69) is 10.0 Å². The molecule has 40 heavy (non-hydrogen) atoms. The Bertz CT molecular complexity index is 1280. The Balaban J connectivity index is 1.66. The van der Waals surface area contributed by atoms with Crippen molar-refractivity contribution in [2.45, 2.75) is 69.0 Å². The second-order valence-corrected chi connectivity index (χ2v) is 12.6. The number of anilines is 1. The van der Waals surface area contributed by atoms with Crippen LogP contribution in [0.2, 0.25) is 0 Å². The average Bonchev–Trinajstić information content (AvgIpc) is 2.95. The first-order valence-electron chi connectivity index (χ1n) is 13.9. The summed E-state index contributed by atoms with van der Waals surface area (Å²) in [6.45, 7) is 3.96. The van der Waals surface area contributed by atoms with Crippen LogP contribution in [0.15, 0.2) is 53.4 Å². The summed E-state index contributed by atoms with van der Waals surface area (Å²) in [5.41, 5.74) is 0.305. The summed E-state index contributed by atoms with van der Waals surface area (Å²) in [4.78, 5) is 29.9. The van der Waals surface area contributed by atoms with Crippen molar-refractivity contribution < 1.29 is 27.9 Å². The van der Waals surface area contributed by atoms with Gasteiger partial charge in [-0.15, -0.1) is 0 Å². The predicted octanol–water partition coefficient (Wildman–Crippen LogP) is 3.68. The van der Waals surface area contributed by atoms with Gasteiger partial charge in [-0.2, -0.15) is 0 Å². The maximum atomic E-state index is 13.7. The maximum absolute atomic E-state index is 13.7. The van der Waals surface area contributed by atoms with Crippen LogP contribution in [-0.2, 0) is 10.0 Å². The predicted molar refractivity (Wildman–Crippen MR) is 153 cm³/mol. The highest BCUT2D eigenvalue weighted by Gasteiger charge is 2.35. The summed E-state index contributed by atoms with van der Waals surface area (Å²) in [5, 5.41) is 13.0. The fourth-order valence-corrected chi connectivity index (χ4v) is 6.31. The van der Waals surface area contributed by atoms with E-state index in [-0.39, 0.29) is 58.9 Å². The Labute approximate surface area is 236 Å². The van der Waals surface area contributed by atoms with Crippen molar-refractivity contribution in [2.24, 2.45) is 5.92 Å². The highest BCUT2D eigenvalue weighted by Crippen LogP contribution is 2.36. The van der Waals surface area contributed by atoms with E-state index in [1.165, 1.54) is 18.6 Å². The molecule has 11 heteroatoms. The molecule has 4 rings (SSSR count). The van der Waals surface area contributed by atoms with Gasteiger partial charge in [0, 0.05) is 25.6 Å². The number of fused-ring (bicyclic) bond motifs is 1. The second-order valence-electron chi connectivity index (χ2n) is 10.9. The van der Waals surface area contributed by atoms with Crippen LogP contribution in [0.5, 0.6) is 5.75 Å². The standard InChI is InChI=1S/C29H40N4O6S/c1-20-17-33(21(2)19-34)28(35)24-15-10-16-25(31-40(37,38)23-13-8-5-9-14-23)27(24)39-26(20)18-32(3)29(36)30-22-11-6-4-7-12-22/h5,8-10,13-16,20-22,26,31,34H,4,6-7,11-12,17-19H2,1-3H3,(H,30,36)/t20-,21+,26+/m1/s1. The van der Waals surface area contributed by atoms with E-state index in [0.29, 0.717) is 6.54 Å². The Hall–Kier alpha value is -3.31. The number of carbonyl (C=O) groups excluding carboxylic acids is 2. The molecule has 1 aliphatic heterocycles. The summed E-state index contributed by atoms with van der Waals surface area (Å²) < 4.78 is 35.4. The van der Waals surface area contributed by atoms with Crippen molar-refractivity contribution in [1.82, 2.24) is 15.1 Å². The molecule has 0 spiro atoms. The lowest BCUT2D eigenvalue weighted by atomic mass is 9.96. The number of hydrogen-bond acceptors (Lipinski definition) is 6. The number of benzene rings is 2. The zero-order chi connectivity index (χ0) is 28.9. The van der Waals surface area contributed by atoms with Gasteiger partial charge >= 0.3 is 6.03 Å². The molecule has 0 bridgehead atoms. The number of rotatable bonds is 8. The van der Waals surface area contributed by atoms with Crippen molar-refractivity contribution in [2.75, 3.05) is 31.5 Å². The molecule has 10 nitrogen and oxygen atoms in total. The summed E-state index contributed by atoms with van der Waals surface area (Å²) in [6, 6.07) is 12.2. The molecular formula is C29H40N4O6S. The van der Waals surface area contributed by atoms with E-state index < -0.39 is 22.2 Å². The van der Waals surface area contributed by atoms with E-state index in [1.807, 2.05) is 6.92 Å². The highest BCUT2D eigenvalue weighted by molar-refractivity contribution is 7.92. The van der Waals surface area contributed by atoms with Gasteiger partial charge in [0.05, 0.1) is 35.3 Å². The van der Waals surface area contributed by atoms with E-state index in [1.54, 1.807) is 60.2 Å². The van der Waals surface area contributed by atoms with E-state index >= 15 is 0 Å². The number of nitrogens with zero attached hydrogens (tertiary/aromatic N) is 2. The molecule has 0 unspecified atom stereocenters. The number of ether oxygens (including phenoxy) is 1. The van der Waals surface area contributed by atoms with E-state index in [9.17, 15) is 23.1 Å². The first kappa shape index (κ1) is 29.7. The first-order valence-corrected chi connectivity index (χ1v) is 15.4. The molecule has 2 aromatic carbocycles. The van der Waals surface area contributed by atoms with Crippen molar-refractivity contribution >= 4 is 27.6 Å². The van der Waals surface area contributed by atoms with Gasteiger partial charge < -0.3 is 25.0 Å². The van der Waals surface area contributed by atoms with Gasteiger partial charge in [-0.3, -0.25) is 9.52 Å².